The van der Waals surface area contributed by atoms with Crippen LogP contribution in [0.1, 0.15) is 13.3 Å². The first-order valence-electron chi connectivity index (χ1n) is 2.09. The summed E-state index contributed by atoms with van der Waals surface area (Å²) >= 11 is 0. The molecule has 8 heavy (non-hydrogen) atoms. The van der Waals surface area contributed by atoms with E-state index in [1.165, 1.54) is 0 Å². The average molecular weight is 144 g/mol. The van der Waals surface area contributed by atoms with Crippen molar-refractivity contribution in [1.29, 1.82) is 0 Å². The van der Waals surface area contributed by atoms with Gasteiger partial charge in [0.1, 0.15) is 0 Å². The minimum absolute atomic E-state index is 0. The topological polar surface area (TPSA) is 57.5 Å². The summed E-state index contributed by atoms with van der Waals surface area (Å²) in [7, 11) is 0. The number of carbonyl (C=O) groups is 1. The van der Waals surface area contributed by atoms with Crippen LogP contribution in [0.4, 0.5) is 0 Å². The van der Waals surface area contributed by atoms with Crippen LogP contribution in [0.3, 0.4) is 0 Å². The van der Waals surface area contributed by atoms with Crippen molar-refractivity contribution < 1.29 is 15.0 Å². The van der Waals surface area contributed by atoms with Crippen molar-refractivity contribution in [2.24, 2.45) is 0 Å². The molecule has 0 saturated carbocycles. The molecule has 0 fully saturated rings. The van der Waals surface area contributed by atoms with Gasteiger partial charge in [0, 0.05) is 0 Å². The maximum atomic E-state index is 9.68. The van der Waals surface area contributed by atoms with Crippen molar-refractivity contribution in [3.8, 4) is 0 Å². The normalized spacial score (nSPS) is 11.8. The molecule has 1 unspecified atom stereocenters. The zero-order valence-corrected chi connectivity index (χ0v) is 4.09. The summed E-state index contributed by atoms with van der Waals surface area (Å²) in [5, 5.41) is 16.3. The fraction of sp³-hybridized carbons (Fsp3) is 0.750. The first-order chi connectivity index (χ1) is 3.18. The van der Waals surface area contributed by atoms with E-state index in [9.17, 15) is 4.79 Å². The Morgan fingerprint density at radius 2 is 2.12 bits per heavy atom. The number of hydrogen-bond acceptors (Lipinski definition) is 2. The van der Waals surface area contributed by atoms with Gasteiger partial charge < -0.3 is 10.2 Å². The molecule has 0 spiro atoms. The Bertz CT molecular complexity index is 73.7. The quantitative estimate of drug-likeness (QED) is 0.498. The molecule has 0 aliphatic rings. The second-order valence-electron chi connectivity index (χ2n) is 1.26. The number of hydrogen-bond donors (Lipinski definition) is 2. The molecule has 0 amide bonds. The van der Waals surface area contributed by atoms with Gasteiger partial charge in [-0.2, -0.15) is 0 Å². The molecule has 0 aliphatic carbocycles. The van der Waals surface area contributed by atoms with Crippen LogP contribution in [-0.2, 0) is 4.79 Å². The van der Waals surface area contributed by atoms with Crippen LogP contribution in [0.25, 0.3) is 0 Å². The Morgan fingerprint density at radius 1 is 1.75 bits per heavy atom. The Balaban J connectivity index is 0. The Labute approximate surface area is 90.5 Å². The van der Waals surface area contributed by atoms with Gasteiger partial charge in [-0.05, 0) is 6.42 Å². The molecule has 0 heterocycles. The predicted octanol–water partition coefficient (Wildman–Crippen LogP) is -0.807. The van der Waals surface area contributed by atoms with E-state index in [-0.39, 0.29) is 57.8 Å². The summed E-state index contributed by atoms with van der Waals surface area (Å²) in [5.74, 6) is -1.15. The molecule has 0 aliphatic heterocycles. The molecule has 0 aromatic rings. The molecule has 2 N–H and O–H groups in total. The number of aliphatic carboxylic acids is 1. The van der Waals surface area contributed by atoms with Crippen LogP contribution in [0.15, 0.2) is 0 Å². The van der Waals surface area contributed by atoms with E-state index in [2.05, 4.69) is 0 Å². The zero-order valence-electron chi connectivity index (χ0n) is 4.09. The van der Waals surface area contributed by atoms with E-state index in [1.54, 1.807) is 6.92 Å². The molecule has 44 valence electrons. The fourth-order valence-corrected chi connectivity index (χ4v) is 0.175. The van der Waals surface area contributed by atoms with Gasteiger partial charge >= 0.3 is 57.4 Å². The van der Waals surface area contributed by atoms with Crippen LogP contribution in [-0.4, -0.2) is 73.7 Å². The van der Waals surface area contributed by atoms with Crippen LogP contribution in [0.2, 0.25) is 0 Å². The molecule has 0 aromatic carbocycles. The van der Waals surface area contributed by atoms with Gasteiger partial charge in [0.15, 0.2) is 6.10 Å². The Kier molecular flexibility index (Phi) is 9.14. The van der Waals surface area contributed by atoms with Crippen molar-refractivity contribution in [3.05, 3.63) is 0 Å². The second kappa shape index (κ2) is 6.19. The van der Waals surface area contributed by atoms with Crippen molar-refractivity contribution >= 4 is 57.4 Å². The number of carboxylic acid groups (broad SMARTS) is 1. The standard InChI is InChI=1S/C4H8O3.K.H/c1-2-3(5)4(6)7;;/h3,5H,2H2,1H3,(H,6,7);;. The third-order valence-electron chi connectivity index (χ3n) is 0.672. The predicted molar refractivity (Wildman–Crippen MR) is 31.1 cm³/mol. The first-order valence-corrected chi connectivity index (χ1v) is 2.09. The van der Waals surface area contributed by atoms with E-state index >= 15 is 0 Å². The molecular weight excluding hydrogens is 135 g/mol. The number of rotatable bonds is 2. The molecule has 3 nitrogen and oxygen atoms in total. The van der Waals surface area contributed by atoms with Crippen LogP contribution in [0.5, 0.6) is 0 Å². The summed E-state index contributed by atoms with van der Waals surface area (Å²) in [5.41, 5.74) is 0. The summed E-state index contributed by atoms with van der Waals surface area (Å²) in [6.45, 7) is 1.61. The molecular formula is C4H9KO3. The van der Waals surface area contributed by atoms with Crippen molar-refractivity contribution in [2.75, 3.05) is 0 Å². The van der Waals surface area contributed by atoms with Gasteiger partial charge in [0.25, 0.3) is 0 Å². The molecule has 0 aromatic heterocycles. The van der Waals surface area contributed by atoms with Gasteiger partial charge in [0.05, 0.1) is 0 Å². The van der Waals surface area contributed by atoms with Crippen LogP contribution < -0.4 is 0 Å². The third kappa shape index (κ3) is 5.21. The zero-order chi connectivity index (χ0) is 5.86. The molecule has 0 saturated heterocycles. The monoisotopic (exact) mass is 144 g/mol. The van der Waals surface area contributed by atoms with Crippen LogP contribution in [0, 0.1) is 0 Å². The molecule has 4 heteroatoms. The van der Waals surface area contributed by atoms with E-state index in [1.807, 2.05) is 0 Å². The first kappa shape index (κ1) is 11.8. The molecule has 1 atom stereocenters. The maximum absolute atomic E-state index is 9.68. The van der Waals surface area contributed by atoms with Gasteiger partial charge in [-0.1, -0.05) is 6.92 Å². The van der Waals surface area contributed by atoms with E-state index in [0.29, 0.717) is 0 Å². The van der Waals surface area contributed by atoms with Crippen molar-refractivity contribution in [2.45, 2.75) is 19.4 Å². The van der Waals surface area contributed by atoms with Gasteiger partial charge in [-0.25, -0.2) is 4.79 Å². The average Bonchev–Trinajstić information content (AvgIpc) is 1.65. The summed E-state index contributed by atoms with van der Waals surface area (Å²) in [4.78, 5) is 9.68. The third-order valence-corrected chi connectivity index (χ3v) is 0.672. The van der Waals surface area contributed by atoms with E-state index in [0.717, 1.165) is 0 Å². The van der Waals surface area contributed by atoms with Crippen molar-refractivity contribution in [1.82, 2.24) is 0 Å². The fourth-order valence-electron chi connectivity index (χ4n) is 0.175. The van der Waals surface area contributed by atoms with Gasteiger partial charge in [-0.3, -0.25) is 0 Å². The van der Waals surface area contributed by atoms with Crippen molar-refractivity contribution in [3.63, 3.8) is 0 Å². The molecule has 0 rings (SSSR count). The number of carboxylic acids is 1. The second-order valence-corrected chi connectivity index (χ2v) is 1.26. The summed E-state index contributed by atoms with van der Waals surface area (Å²) in [6, 6.07) is 0. The number of aliphatic hydroxyl groups excluding tert-OH is 1. The minimum atomic E-state index is -1.18. The summed E-state index contributed by atoms with van der Waals surface area (Å²) in [6.07, 6.45) is -0.907. The van der Waals surface area contributed by atoms with Gasteiger partial charge in [-0.15, -0.1) is 0 Å². The number of aliphatic hydroxyl groups is 1. The Hall–Kier alpha value is 1.07. The molecule has 0 radical (unpaired) electrons. The van der Waals surface area contributed by atoms with Gasteiger partial charge in [0.2, 0.25) is 0 Å². The Morgan fingerprint density at radius 3 is 2.12 bits per heavy atom. The SMILES string of the molecule is CCC(O)C(=O)O.[KH]. The van der Waals surface area contributed by atoms with E-state index in [4.69, 9.17) is 10.2 Å². The molecule has 0 bridgehead atoms. The van der Waals surface area contributed by atoms with E-state index < -0.39 is 12.1 Å². The summed E-state index contributed by atoms with van der Waals surface area (Å²) < 4.78 is 0. The van der Waals surface area contributed by atoms with Crippen LogP contribution >= 0.6 is 0 Å².